The molecule has 2 atom stereocenters. The van der Waals surface area contributed by atoms with Crippen LogP contribution in [0.1, 0.15) is 30.1 Å². The molecule has 0 radical (unpaired) electrons. The summed E-state index contributed by atoms with van der Waals surface area (Å²) in [5, 5.41) is 0. The molecule has 108 valence electrons. The largest absolute Gasteiger partial charge is 0.333 e. The van der Waals surface area contributed by atoms with Crippen LogP contribution in [0, 0.1) is 3.57 Å². The van der Waals surface area contributed by atoms with Crippen molar-refractivity contribution in [3.63, 3.8) is 0 Å². The topological polar surface area (TPSA) is 23.6 Å². The van der Waals surface area contributed by atoms with Gasteiger partial charge in [0.2, 0.25) is 0 Å². The number of carbonyl (C=O) groups excluding carboxylic acids is 1. The molecule has 1 aromatic rings. The maximum absolute atomic E-state index is 12.8. The van der Waals surface area contributed by atoms with Gasteiger partial charge in [0.25, 0.3) is 5.91 Å². The van der Waals surface area contributed by atoms with Gasteiger partial charge in [-0.2, -0.15) is 0 Å². The molecule has 2 fully saturated rings. The Kier molecular flexibility index (Phi) is 4.38. The Labute approximate surface area is 142 Å². The van der Waals surface area contributed by atoms with E-state index in [1.54, 1.807) is 0 Å². The number of piperazine rings is 1. The first kappa shape index (κ1) is 14.8. The summed E-state index contributed by atoms with van der Waals surface area (Å²) in [7, 11) is 0. The molecule has 1 amide bonds. The predicted molar refractivity (Wildman–Crippen MR) is 92.0 cm³/mol. The van der Waals surface area contributed by atoms with E-state index in [0.29, 0.717) is 12.1 Å². The Morgan fingerprint density at radius 3 is 3.00 bits per heavy atom. The zero-order valence-corrected chi connectivity index (χ0v) is 15.2. The highest BCUT2D eigenvalue weighted by Gasteiger charge is 2.37. The molecule has 0 spiro atoms. The van der Waals surface area contributed by atoms with Crippen molar-refractivity contribution in [3.05, 3.63) is 31.8 Å². The number of nitrogens with zero attached hydrogens (tertiary/aromatic N) is 2. The maximum Gasteiger partial charge on any atom is 0.255 e. The number of hydrogen-bond donors (Lipinski definition) is 0. The Bertz CT molecular complexity index is 537. The molecular weight excluding hydrogens is 431 g/mol. The predicted octanol–water partition coefficient (Wildman–Crippen LogP) is 3.36. The summed E-state index contributed by atoms with van der Waals surface area (Å²) < 4.78 is 1.99. The van der Waals surface area contributed by atoms with E-state index in [0.717, 1.165) is 26.7 Å². The van der Waals surface area contributed by atoms with Crippen molar-refractivity contribution in [2.45, 2.75) is 31.8 Å². The van der Waals surface area contributed by atoms with Gasteiger partial charge in [-0.25, -0.2) is 0 Å². The lowest BCUT2D eigenvalue weighted by Crippen LogP contribution is -2.56. The van der Waals surface area contributed by atoms with Crippen LogP contribution in [-0.4, -0.2) is 47.4 Å². The van der Waals surface area contributed by atoms with E-state index >= 15 is 0 Å². The molecule has 0 saturated carbocycles. The van der Waals surface area contributed by atoms with Crippen molar-refractivity contribution < 1.29 is 4.79 Å². The summed E-state index contributed by atoms with van der Waals surface area (Å²) in [5.74, 6) is 0.162. The average molecular weight is 449 g/mol. The van der Waals surface area contributed by atoms with Gasteiger partial charge < -0.3 is 4.90 Å². The molecule has 0 aromatic heterocycles. The fourth-order valence-electron chi connectivity index (χ4n) is 3.29. The lowest BCUT2D eigenvalue weighted by atomic mass is 10.1. The van der Waals surface area contributed by atoms with Gasteiger partial charge in [0.15, 0.2) is 0 Å². The second-order valence-corrected chi connectivity index (χ2v) is 7.82. The molecular formula is C15H18BrIN2O. The molecule has 0 aliphatic carbocycles. The molecule has 20 heavy (non-hydrogen) atoms. The number of fused-ring (bicyclic) bond motifs is 1. The Morgan fingerprint density at radius 1 is 1.40 bits per heavy atom. The third kappa shape index (κ3) is 2.76. The molecule has 0 bridgehead atoms. The first-order valence-electron chi connectivity index (χ1n) is 7.06. The van der Waals surface area contributed by atoms with E-state index < -0.39 is 0 Å². The van der Waals surface area contributed by atoms with Gasteiger partial charge in [-0.3, -0.25) is 9.69 Å². The zero-order chi connectivity index (χ0) is 14.3. The van der Waals surface area contributed by atoms with Gasteiger partial charge in [0.05, 0.1) is 5.56 Å². The second-order valence-electron chi connectivity index (χ2n) is 5.72. The maximum atomic E-state index is 12.8. The van der Waals surface area contributed by atoms with E-state index in [9.17, 15) is 4.79 Å². The van der Waals surface area contributed by atoms with Crippen molar-refractivity contribution in [2.75, 3.05) is 19.6 Å². The number of benzene rings is 1. The number of halogens is 2. The molecule has 2 aliphatic rings. The van der Waals surface area contributed by atoms with Crippen LogP contribution >= 0.6 is 38.5 Å². The molecule has 0 N–H and O–H groups in total. The molecule has 2 saturated heterocycles. The van der Waals surface area contributed by atoms with Crippen LogP contribution in [0.4, 0.5) is 0 Å². The van der Waals surface area contributed by atoms with E-state index in [2.05, 4.69) is 55.2 Å². The van der Waals surface area contributed by atoms with Crippen molar-refractivity contribution in [2.24, 2.45) is 0 Å². The fourth-order valence-corrected chi connectivity index (χ4v) is 4.19. The first-order chi connectivity index (χ1) is 9.56. The van der Waals surface area contributed by atoms with Gasteiger partial charge in [0.1, 0.15) is 0 Å². The van der Waals surface area contributed by atoms with Crippen LogP contribution in [0.15, 0.2) is 22.7 Å². The fraction of sp³-hybridized carbons (Fsp3) is 0.533. The van der Waals surface area contributed by atoms with E-state index in [4.69, 9.17) is 0 Å². The number of carbonyl (C=O) groups is 1. The molecule has 3 nitrogen and oxygen atoms in total. The average Bonchev–Trinajstić information content (AvgIpc) is 2.87. The van der Waals surface area contributed by atoms with Gasteiger partial charge in [-0.1, -0.05) is 0 Å². The number of rotatable bonds is 1. The van der Waals surface area contributed by atoms with Crippen LogP contribution in [0.25, 0.3) is 0 Å². The van der Waals surface area contributed by atoms with Crippen molar-refractivity contribution >= 4 is 44.4 Å². The van der Waals surface area contributed by atoms with Crippen LogP contribution in [-0.2, 0) is 0 Å². The summed E-state index contributed by atoms with van der Waals surface area (Å²) >= 11 is 5.77. The molecule has 5 heteroatoms. The Balaban J connectivity index is 1.84. The van der Waals surface area contributed by atoms with Crippen LogP contribution < -0.4 is 0 Å². The molecule has 2 heterocycles. The quantitative estimate of drug-likeness (QED) is 0.615. The minimum Gasteiger partial charge on any atom is -0.333 e. The third-order valence-electron chi connectivity index (χ3n) is 4.36. The molecule has 3 rings (SSSR count). The van der Waals surface area contributed by atoms with Gasteiger partial charge in [-0.05, 0) is 83.0 Å². The second kappa shape index (κ2) is 5.93. The summed E-state index contributed by atoms with van der Waals surface area (Å²) in [5.41, 5.74) is 0.787. The highest BCUT2D eigenvalue weighted by atomic mass is 127. The van der Waals surface area contributed by atoms with Crippen molar-refractivity contribution in [1.29, 1.82) is 0 Å². The minimum absolute atomic E-state index is 0.162. The Morgan fingerprint density at radius 2 is 2.20 bits per heavy atom. The smallest absolute Gasteiger partial charge is 0.255 e. The number of amides is 1. The zero-order valence-electron chi connectivity index (χ0n) is 11.5. The van der Waals surface area contributed by atoms with Gasteiger partial charge >= 0.3 is 0 Å². The molecule has 2 aliphatic heterocycles. The van der Waals surface area contributed by atoms with Crippen LogP contribution in [0.5, 0.6) is 0 Å². The summed E-state index contributed by atoms with van der Waals surface area (Å²) in [6, 6.07) is 6.81. The van der Waals surface area contributed by atoms with Crippen molar-refractivity contribution in [3.8, 4) is 0 Å². The molecule has 2 unspecified atom stereocenters. The third-order valence-corrected chi connectivity index (χ3v) is 5.72. The van der Waals surface area contributed by atoms with Crippen molar-refractivity contribution in [1.82, 2.24) is 9.80 Å². The molecule has 1 aromatic carbocycles. The number of hydrogen-bond acceptors (Lipinski definition) is 2. The lowest BCUT2D eigenvalue weighted by Gasteiger charge is -2.42. The summed E-state index contributed by atoms with van der Waals surface area (Å²) in [6.45, 7) is 5.24. The highest BCUT2D eigenvalue weighted by molar-refractivity contribution is 14.1. The van der Waals surface area contributed by atoms with Gasteiger partial charge in [0, 0.05) is 33.2 Å². The van der Waals surface area contributed by atoms with E-state index in [-0.39, 0.29) is 5.91 Å². The monoisotopic (exact) mass is 448 g/mol. The summed E-state index contributed by atoms with van der Waals surface area (Å²) in [6.07, 6.45) is 2.50. The van der Waals surface area contributed by atoms with E-state index in [1.807, 2.05) is 18.2 Å². The van der Waals surface area contributed by atoms with E-state index in [1.165, 1.54) is 19.4 Å². The highest BCUT2D eigenvalue weighted by Crippen LogP contribution is 2.28. The normalized spacial score (nSPS) is 26.6. The summed E-state index contributed by atoms with van der Waals surface area (Å²) in [4.78, 5) is 17.4. The van der Waals surface area contributed by atoms with Gasteiger partial charge in [-0.15, -0.1) is 0 Å². The Hall–Kier alpha value is -0.140. The standard InChI is InChI=1S/C15H18BrIN2O/c1-10-8-18-6-2-3-12(18)9-19(10)15(20)13-7-11(17)4-5-14(13)16/h4-5,7,10,12H,2-3,6,8-9H2,1H3. The SMILES string of the molecule is CC1CN2CCCC2CN1C(=O)c1cc(I)ccc1Br. The lowest BCUT2D eigenvalue weighted by molar-refractivity contribution is 0.0394. The first-order valence-corrected chi connectivity index (χ1v) is 8.93. The van der Waals surface area contributed by atoms with Crippen LogP contribution in [0.3, 0.4) is 0 Å². The minimum atomic E-state index is 0.162. The van der Waals surface area contributed by atoms with Crippen LogP contribution in [0.2, 0.25) is 0 Å².